The van der Waals surface area contributed by atoms with E-state index in [-0.39, 0.29) is 5.28 Å². The number of hydrogen-bond donors (Lipinski definition) is 0. The average molecular weight is 390 g/mol. The molecule has 114 valence electrons. The molecule has 5 nitrogen and oxygen atoms in total. The van der Waals surface area contributed by atoms with Gasteiger partial charge in [-0.1, -0.05) is 6.07 Å². The Morgan fingerprint density at radius 3 is 2.61 bits per heavy atom. The average Bonchev–Trinajstić information content (AvgIpc) is 3.01. The van der Waals surface area contributed by atoms with Gasteiger partial charge in [-0.3, -0.25) is 0 Å². The van der Waals surface area contributed by atoms with E-state index in [2.05, 4.69) is 31.0 Å². The summed E-state index contributed by atoms with van der Waals surface area (Å²) in [5, 5.41) is 5.63. The Hall–Kier alpha value is -2.18. The van der Waals surface area contributed by atoms with Gasteiger partial charge in [0.2, 0.25) is 5.28 Å². The van der Waals surface area contributed by atoms with Gasteiger partial charge in [-0.15, -0.1) is 5.10 Å². The number of ether oxygens (including phenoxy) is 1. The Labute approximate surface area is 145 Å². The van der Waals surface area contributed by atoms with Gasteiger partial charge in [0, 0.05) is 10.0 Å². The lowest BCUT2D eigenvalue weighted by Gasteiger charge is -2.02. The van der Waals surface area contributed by atoms with Gasteiger partial charge in [0.25, 0.3) is 0 Å². The lowest BCUT2D eigenvalue weighted by atomic mass is 10.2. The first-order valence-electron chi connectivity index (χ1n) is 6.82. The highest BCUT2D eigenvalue weighted by Gasteiger charge is 2.15. The fourth-order valence-electron chi connectivity index (χ4n) is 2.44. The molecule has 2 aromatic heterocycles. The molecule has 0 fully saturated rings. The molecule has 0 saturated carbocycles. The highest BCUT2D eigenvalue weighted by atomic mass is 79.9. The number of benzene rings is 2. The highest BCUT2D eigenvalue weighted by molar-refractivity contribution is 9.10. The molecule has 0 aliphatic rings. The minimum atomic E-state index is 0.276. The molecule has 0 saturated heterocycles. The van der Waals surface area contributed by atoms with Gasteiger partial charge in [0.15, 0.2) is 11.5 Å². The maximum absolute atomic E-state index is 6.25. The van der Waals surface area contributed by atoms with Crippen LogP contribution >= 0.6 is 27.5 Å². The molecule has 4 rings (SSSR count). The molecule has 2 aromatic carbocycles. The normalized spacial score (nSPS) is 11.3. The second-order valence-electron chi connectivity index (χ2n) is 4.91. The Morgan fingerprint density at radius 2 is 1.87 bits per heavy atom. The largest absolute Gasteiger partial charge is 0.497 e. The number of fused-ring (bicyclic) bond motifs is 3. The lowest BCUT2D eigenvalue weighted by molar-refractivity contribution is 0.415. The smallest absolute Gasteiger partial charge is 0.226 e. The Balaban J connectivity index is 1.99. The molecule has 0 bridgehead atoms. The number of hydrogen-bond acceptors (Lipinski definition) is 4. The van der Waals surface area contributed by atoms with Crippen LogP contribution in [0.1, 0.15) is 0 Å². The van der Waals surface area contributed by atoms with Crippen LogP contribution in [0.25, 0.3) is 27.9 Å². The number of aromatic nitrogens is 4. The van der Waals surface area contributed by atoms with Gasteiger partial charge in [-0.05, 0) is 63.9 Å². The zero-order chi connectivity index (χ0) is 16.0. The number of methoxy groups -OCH3 is 1. The minimum absolute atomic E-state index is 0.276. The van der Waals surface area contributed by atoms with Gasteiger partial charge in [0.1, 0.15) is 5.75 Å². The van der Waals surface area contributed by atoms with Crippen LogP contribution in [0.4, 0.5) is 0 Å². The van der Waals surface area contributed by atoms with Gasteiger partial charge >= 0.3 is 0 Å². The summed E-state index contributed by atoms with van der Waals surface area (Å²) in [6.07, 6.45) is 0. The monoisotopic (exact) mass is 388 g/mol. The van der Waals surface area contributed by atoms with E-state index in [1.54, 1.807) is 11.6 Å². The summed E-state index contributed by atoms with van der Waals surface area (Å²) >= 11 is 9.80. The zero-order valence-corrected chi connectivity index (χ0v) is 14.3. The van der Waals surface area contributed by atoms with Crippen molar-refractivity contribution in [2.24, 2.45) is 0 Å². The molecule has 0 N–H and O–H groups in total. The second kappa shape index (κ2) is 5.47. The molecule has 0 amide bonds. The molecular formula is C16H10BrClN4O. The van der Waals surface area contributed by atoms with Crippen LogP contribution in [-0.4, -0.2) is 26.7 Å². The third-order valence-corrected chi connectivity index (χ3v) is 4.46. The molecule has 0 aliphatic carbocycles. The van der Waals surface area contributed by atoms with Crippen LogP contribution in [0.3, 0.4) is 0 Å². The van der Waals surface area contributed by atoms with Crippen molar-refractivity contribution in [3.8, 4) is 17.1 Å². The van der Waals surface area contributed by atoms with Crippen LogP contribution in [-0.2, 0) is 0 Å². The minimum Gasteiger partial charge on any atom is -0.497 e. The molecule has 0 atom stereocenters. The first kappa shape index (κ1) is 14.4. The van der Waals surface area contributed by atoms with Crippen molar-refractivity contribution >= 4 is 44.1 Å². The maximum atomic E-state index is 6.25. The fourth-order valence-corrected chi connectivity index (χ4v) is 3.18. The predicted octanol–water partition coefficient (Wildman–Crippen LogP) is 4.37. The van der Waals surface area contributed by atoms with E-state index in [1.807, 2.05) is 42.5 Å². The number of halogens is 2. The number of rotatable bonds is 2. The van der Waals surface area contributed by atoms with Crippen molar-refractivity contribution in [1.29, 1.82) is 0 Å². The van der Waals surface area contributed by atoms with Gasteiger partial charge in [-0.2, -0.15) is 4.52 Å². The standard InChI is InChI=1S/C16H10BrClN4O/c1-23-10-7-5-9(6-8-10)14-20-15-13-11(17)3-2-4-12(13)19-16(18)22(15)21-14/h2-8H,1H3. The molecule has 0 unspecified atom stereocenters. The van der Waals surface area contributed by atoms with Crippen LogP contribution in [0.5, 0.6) is 5.75 Å². The third kappa shape index (κ3) is 2.34. The fraction of sp³-hybridized carbons (Fsp3) is 0.0625. The molecule has 0 spiro atoms. The van der Waals surface area contributed by atoms with Gasteiger partial charge < -0.3 is 4.74 Å². The summed E-state index contributed by atoms with van der Waals surface area (Å²) in [4.78, 5) is 9.02. The van der Waals surface area contributed by atoms with Crippen molar-refractivity contribution in [3.63, 3.8) is 0 Å². The summed E-state index contributed by atoms with van der Waals surface area (Å²) in [5.74, 6) is 1.37. The Kier molecular flexibility index (Phi) is 3.43. The molecule has 23 heavy (non-hydrogen) atoms. The zero-order valence-electron chi connectivity index (χ0n) is 12.0. The molecular weight excluding hydrogens is 380 g/mol. The van der Waals surface area contributed by atoms with E-state index in [0.29, 0.717) is 11.5 Å². The predicted molar refractivity (Wildman–Crippen MR) is 93.0 cm³/mol. The highest BCUT2D eigenvalue weighted by Crippen LogP contribution is 2.29. The van der Waals surface area contributed by atoms with Crippen LogP contribution in [0.2, 0.25) is 5.28 Å². The van der Waals surface area contributed by atoms with Crippen LogP contribution < -0.4 is 4.74 Å². The van der Waals surface area contributed by atoms with E-state index in [1.165, 1.54) is 0 Å². The Morgan fingerprint density at radius 1 is 1.09 bits per heavy atom. The third-order valence-electron chi connectivity index (χ3n) is 3.56. The van der Waals surface area contributed by atoms with E-state index < -0.39 is 0 Å². The topological polar surface area (TPSA) is 52.3 Å². The molecule has 2 heterocycles. The second-order valence-corrected chi connectivity index (χ2v) is 6.11. The molecule has 4 aromatic rings. The van der Waals surface area contributed by atoms with Crippen molar-refractivity contribution in [2.75, 3.05) is 7.11 Å². The first-order chi connectivity index (χ1) is 11.2. The SMILES string of the molecule is COc1ccc(-c2nc3c4c(Br)cccc4nc(Cl)n3n2)cc1. The lowest BCUT2D eigenvalue weighted by Crippen LogP contribution is -1.95. The van der Waals surface area contributed by atoms with Crippen molar-refractivity contribution < 1.29 is 4.74 Å². The maximum Gasteiger partial charge on any atom is 0.226 e. The summed E-state index contributed by atoms with van der Waals surface area (Å²) in [5.41, 5.74) is 2.31. The van der Waals surface area contributed by atoms with Gasteiger partial charge in [-0.25, -0.2) is 9.97 Å². The Bertz CT molecular complexity index is 1030. The summed E-state index contributed by atoms with van der Waals surface area (Å²) in [6, 6.07) is 13.3. The summed E-state index contributed by atoms with van der Waals surface area (Å²) in [6.45, 7) is 0. The molecule has 0 radical (unpaired) electrons. The first-order valence-corrected chi connectivity index (χ1v) is 7.99. The van der Waals surface area contributed by atoms with Crippen molar-refractivity contribution in [1.82, 2.24) is 19.6 Å². The van der Waals surface area contributed by atoms with Crippen LogP contribution in [0, 0.1) is 0 Å². The molecule has 7 heteroatoms. The number of nitrogens with zero attached hydrogens (tertiary/aromatic N) is 4. The summed E-state index contributed by atoms with van der Waals surface area (Å²) in [7, 11) is 1.63. The van der Waals surface area contributed by atoms with Crippen LogP contribution in [0.15, 0.2) is 46.9 Å². The van der Waals surface area contributed by atoms with Crippen molar-refractivity contribution in [3.05, 3.63) is 52.2 Å². The van der Waals surface area contributed by atoms with E-state index >= 15 is 0 Å². The van der Waals surface area contributed by atoms with E-state index in [0.717, 1.165) is 26.7 Å². The van der Waals surface area contributed by atoms with Gasteiger partial charge in [0.05, 0.1) is 18.0 Å². The summed E-state index contributed by atoms with van der Waals surface area (Å²) < 4.78 is 7.62. The van der Waals surface area contributed by atoms with E-state index in [9.17, 15) is 0 Å². The molecule has 0 aliphatic heterocycles. The van der Waals surface area contributed by atoms with Crippen molar-refractivity contribution in [2.45, 2.75) is 0 Å². The quantitative estimate of drug-likeness (QED) is 0.478. The van der Waals surface area contributed by atoms with E-state index in [4.69, 9.17) is 16.3 Å².